The first-order valence-corrected chi connectivity index (χ1v) is 12.8. The van der Waals surface area contributed by atoms with Crippen molar-refractivity contribution in [3.8, 4) is 11.3 Å². The first kappa shape index (κ1) is 24.0. The lowest BCUT2D eigenvalue weighted by Crippen LogP contribution is -2.52. The number of rotatable bonds is 7. The van der Waals surface area contributed by atoms with Crippen LogP contribution in [-0.4, -0.2) is 64.5 Å². The SMILES string of the molecule is O=C(CN(Cc1ccco1)C(=O)c1cccs1)N1CCN(c2ccc(-c3ccccc3Cl)nn2)CC1. The molecule has 0 unspecified atom stereocenters. The highest BCUT2D eigenvalue weighted by Gasteiger charge is 2.27. The van der Waals surface area contributed by atoms with Gasteiger partial charge in [-0.25, -0.2) is 0 Å². The van der Waals surface area contributed by atoms with Gasteiger partial charge in [0.1, 0.15) is 12.3 Å². The Balaban J connectivity index is 1.20. The standard InChI is InChI=1S/C26H24ClN5O3S/c27-21-7-2-1-6-20(21)22-9-10-24(29-28-22)30-11-13-31(14-12-30)25(33)18-32(17-19-5-3-15-35-19)26(34)23-8-4-16-36-23/h1-10,15-16H,11-14,17-18H2. The molecule has 8 nitrogen and oxygen atoms in total. The molecule has 1 aliphatic heterocycles. The van der Waals surface area contributed by atoms with Gasteiger partial charge in [0.2, 0.25) is 5.91 Å². The van der Waals surface area contributed by atoms with Gasteiger partial charge in [0.05, 0.1) is 28.4 Å². The van der Waals surface area contributed by atoms with Crippen LogP contribution in [0.3, 0.4) is 0 Å². The number of piperazine rings is 1. The number of hydrogen-bond donors (Lipinski definition) is 0. The van der Waals surface area contributed by atoms with E-state index in [-0.39, 0.29) is 24.9 Å². The summed E-state index contributed by atoms with van der Waals surface area (Å²) in [4.78, 5) is 32.2. The Morgan fingerprint density at radius 2 is 1.81 bits per heavy atom. The molecule has 2 amide bonds. The number of hydrogen-bond acceptors (Lipinski definition) is 7. The van der Waals surface area contributed by atoms with Gasteiger partial charge >= 0.3 is 0 Å². The topological polar surface area (TPSA) is 82.8 Å². The molecular weight excluding hydrogens is 498 g/mol. The second-order valence-corrected chi connectivity index (χ2v) is 9.70. The summed E-state index contributed by atoms with van der Waals surface area (Å²) in [6.45, 7) is 2.56. The predicted octanol–water partition coefficient (Wildman–Crippen LogP) is 4.44. The summed E-state index contributed by atoms with van der Waals surface area (Å²) in [6, 6.07) is 18.5. The van der Waals surface area contributed by atoms with E-state index < -0.39 is 0 Å². The van der Waals surface area contributed by atoms with Gasteiger partial charge in [-0.15, -0.1) is 21.5 Å². The number of benzene rings is 1. The second-order valence-electron chi connectivity index (χ2n) is 8.34. The summed E-state index contributed by atoms with van der Waals surface area (Å²) in [5.41, 5.74) is 1.55. The molecule has 4 heterocycles. The number of furan rings is 1. The monoisotopic (exact) mass is 521 g/mol. The van der Waals surface area contributed by atoms with E-state index in [2.05, 4.69) is 15.1 Å². The predicted molar refractivity (Wildman–Crippen MR) is 139 cm³/mol. The molecule has 36 heavy (non-hydrogen) atoms. The van der Waals surface area contributed by atoms with Crippen LogP contribution in [0.25, 0.3) is 11.3 Å². The highest BCUT2D eigenvalue weighted by molar-refractivity contribution is 7.12. The lowest BCUT2D eigenvalue weighted by Gasteiger charge is -2.36. The molecule has 0 atom stereocenters. The fourth-order valence-electron chi connectivity index (χ4n) is 4.10. The van der Waals surface area contributed by atoms with Crippen LogP contribution in [0.4, 0.5) is 5.82 Å². The molecule has 1 saturated heterocycles. The largest absolute Gasteiger partial charge is 0.467 e. The zero-order chi connectivity index (χ0) is 24.9. The Hall–Kier alpha value is -3.69. The molecule has 10 heteroatoms. The third-order valence-corrected chi connectivity index (χ3v) is 7.22. The number of halogens is 1. The van der Waals surface area contributed by atoms with Crippen LogP contribution in [0.2, 0.25) is 5.02 Å². The van der Waals surface area contributed by atoms with E-state index in [1.54, 1.807) is 29.4 Å². The molecule has 0 radical (unpaired) electrons. The summed E-state index contributed by atoms with van der Waals surface area (Å²) >= 11 is 7.63. The van der Waals surface area contributed by atoms with E-state index in [1.807, 2.05) is 47.8 Å². The van der Waals surface area contributed by atoms with E-state index in [0.29, 0.717) is 47.5 Å². The third-order valence-electron chi connectivity index (χ3n) is 6.03. The summed E-state index contributed by atoms with van der Waals surface area (Å²) in [5.74, 6) is 1.12. The molecule has 5 rings (SSSR count). The maximum atomic E-state index is 13.1. The number of anilines is 1. The summed E-state index contributed by atoms with van der Waals surface area (Å²) in [6.07, 6.45) is 1.56. The minimum absolute atomic E-state index is 0.0101. The molecule has 0 bridgehead atoms. The number of aromatic nitrogens is 2. The molecule has 1 aromatic carbocycles. The lowest BCUT2D eigenvalue weighted by atomic mass is 10.1. The van der Waals surface area contributed by atoms with Crippen LogP contribution < -0.4 is 4.90 Å². The van der Waals surface area contributed by atoms with Crippen LogP contribution in [0.1, 0.15) is 15.4 Å². The van der Waals surface area contributed by atoms with E-state index in [9.17, 15) is 9.59 Å². The van der Waals surface area contributed by atoms with Crippen molar-refractivity contribution >= 4 is 40.6 Å². The fraction of sp³-hybridized carbons (Fsp3) is 0.231. The minimum atomic E-state index is -0.178. The molecule has 184 valence electrons. The van der Waals surface area contributed by atoms with Crippen LogP contribution in [-0.2, 0) is 11.3 Å². The molecule has 1 fully saturated rings. The van der Waals surface area contributed by atoms with E-state index >= 15 is 0 Å². The van der Waals surface area contributed by atoms with Crippen molar-refractivity contribution in [3.05, 3.63) is 88.0 Å². The van der Waals surface area contributed by atoms with Crippen LogP contribution in [0.5, 0.6) is 0 Å². The Morgan fingerprint density at radius 3 is 2.47 bits per heavy atom. The van der Waals surface area contributed by atoms with Crippen molar-refractivity contribution in [2.75, 3.05) is 37.6 Å². The maximum Gasteiger partial charge on any atom is 0.264 e. The summed E-state index contributed by atoms with van der Waals surface area (Å²) in [5, 5.41) is 11.2. The molecule has 0 saturated carbocycles. The molecule has 0 N–H and O–H groups in total. The van der Waals surface area contributed by atoms with Gasteiger partial charge < -0.3 is 19.1 Å². The van der Waals surface area contributed by atoms with Crippen molar-refractivity contribution in [3.63, 3.8) is 0 Å². The molecule has 4 aromatic rings. The van der Waals surface area contributed by atoms with Crippen molar-refractivity contribution in [1.29, 1.82) is 0 Å². The van der Waals surface area contributed by atoms with Crippen molar-refractivity contribution in [1.82, 2.24) is 20.0 Å². The van der Waals surface area contributed by atoms with Gasteiger partial charge in [0, 0.05) is 31.7 Å². The van der Waals surface area contributed by atoms with E-state index in [0.717, 1.165) is 11.4 Å². The first-order valence-electron chi connectivity index (χ1n) is 11.5. The second kappa shape index (κ2) is 10.9. The lowest BCUT2D eigenvalue weighted by molar-refractivity contribution is -0.132. The maximum absolute atomic E-state index is 13.1. The van der Waals surface area contributed by atoms with Crippen molar-refractivity contribution in [2.24, 2.45) is 0 Å². The quantitative estimate of drug-likeness (QED) is 0.357. The van der Waals surface area contributed by atoms with Gasteiger partial charge in [-0.1, -0.05) is 35.9 Å². The van der Waals surface area contributed by atoms with Gasteiger partial charge in [-0.05, 0) is 41.8 Å². The zero-order valence-corrected chi connectivity index (χ0v) is 21.0. The fourth-order valence-corrected chi connectivity index (χ4v) is 5.02. The van der Waals surface area contributed by atoms with Crippen LogP contribution in [0, 0.1) is 0 Å². The molecule has 0 spiro atoms. The number of nitrogens with zero attached hydrogens (tertiary/aromatic N) is 5. The normalized spacial score (nSPS) is 13.6. The van der Waals surface area contributed by atoms with E-state index in [4.69, 9.17) is 16.0 Å². The van der Waals surface area contributed by atoms with Crippen molar-refractivity contribution < 1.29 is 14.0 Å². The Morgan fingerprint density at radius 1 is 0.972 bits per heavy atom. The highest BCUT2D eigenvalue weighted by Crippen LogP contribution is 2.26. The number of amides is 2. The molecule has 1 aliphatic rings. The smallest absolute Gasteiger partial charge is 0.264 e. The number of carbonyl (C=O) groups is 2. The average molecular weight is 522 g/mol. The summed E-state index contributed by atoms with van der Waals surface area (Å²) < 4.78 is 5.42. The van der Waals surface area contributed by atoms with Crippen LogP contribution in [0.15, 0.2) is 76.7 Å². The van der Waals surface area contributed by atoms with Gasteiger partial charge in [-0.2, -0.15) is 0 Å². The van der Waals surface area contributed by atoms with Crippen LogP contribution >= 0.6 is 22.9 Å². The Bertz CT molecular complexity index is 1300. The summed E-state index contributed by atoms with van der Waals surface area (Å²) in [7, 11) is 0. The minimum Gasteiger partial charge on any atom is -0.467 e. The van der Waals surface area contributed by atoms with Gasteiger partial charge in [-0.3, -0.25) is 9.59 Å². The zero-order valence-electron chi connectivity index (χ0n) is 19.4. The third kappa shape index (κ3) is 5.42. The average Bonchev–Trinajstić information content (AvgIpc) is 3.63. The molecular formula is C26H24ClN5O3S. The highest BCUT2D eigenvalue weighted by atomic mass is 35.5. The molecule has 0 aliphatic carbocycles. The van der Waals surface area contributed by atoms with E-state index in [1.165, 1.54) is 16.2 Å². The molecule has 3 aromatic heterocycles. The first-order chi connectivity index (χ1) is 17.6. The van der Waals surface area contributed by atoms with Crippen molar-refractivity contribution in [2.45, 2.75) is 6.54 Å². The number of carbonyl (C=O) groups excluding carboxylic acids is 2. The number of thiophene rings is 1. The van der Waals surface area contributed by atoms with Gasteiger partial charge in [0.25, 0.3) is 5.91 Å². The van der Waals surface area contributed by atoms with Gasteiger partial charge in [0.15, 0.2) is 5.82 Å². The Labute approximate surface area is 217 Å². The Kier molecular flexibility index (Phi) is 7.29.